The normalized spacial score (nSPS) is 20.4. The molecular weight excluding hydrogens is 128 g/mol. The quantitative estimate of drug-likeness (QED) is 0.471. The van der Waals surface area contributed by atoms with Crippen molar-refractivity contribution in [3.8, 4) is 0 Å². The third kappa shape index (κ3) is 0.538. The molecule has 27 valence electrons. The van der Waals surface area contributed by atoms with E-state index in [-0.39, 0.29) is 0 Å². The van der Waals surface area contributed by atoms with Crippen molar-refractivity contribution in [3.05, 3.63) is 17.0 Å². The van der Waals surface area contributed by atoms with Crippen molar-refractivity contribution >= 4 is 15.9 Å². The van der Waals surface area contributed by atoms with Crippen LogP contribution in [-0.4, -0.2) is 0 Å². The number of hydrogen-bond donors (Lipinski definition) is 0. The van der Waals surface area contributed by atoms with Crippen molar-refractivity contribution < 1.29 is 0 Å². The standard InChI is InChI=1S/C4H4Br/c1-3-2-4(3)5/h1-2H2. The zero-order valence-corrected chi connectivity index (χ0v) is 4.38. The Morgan fingerprint density at radius 3 is 2.00 bits per heavy atom. The van der Waals surface area contributed by atoms with Crippen molar-refractivity contribution in [2.75, 3.05) is 0 Å². The molecule has 0 atom stereocenters. The van der Waals surface area contributed by atoms with Crippen LogP contribution in [0.4, 0.5) is 0 Å². The monoisotopic (exact) mass is 131 g/mol. The number of hydrogen-bond acceptors (Lipinski definition) is 0. The van der Waals surface area contributed by atoms with Gasteiger partial charge < -0.3 is 0 Å². The predicted octanol–water partition coefficient (Wildman–Crippen LogP) is 1.87. The van der Waals surface area contributed by atoms with Crippen LogP contribution >= 0.6 is 15.9 Å². The lowest BCUT2D eigenvalue weighted by Gasteiger charge is -1.45. The second-order valence-electron chi connectivity index (χ2n) is 1.19. The highest BCUT2D eigenvalue weighted by atomic mass is 79.9. The molecule has 1 aliphatic carbocycles. The minimum atomic E-state index is 1.11. The first-order valence-corrected chi connectivity index (χ1v) is 2.29. The van der Waals surface area contributed by atoms with E-state index in [9.17, 15) is 0 Å². The first-order chi connectivity index (χ1) is 2.30. The van der Waals surface area contributed by atoms with E-state index in [1.165, 1.54) is 10.1 Å². The van der Waals surface area contributed by atoms with Gasteiger partial charge in [0.25, 0.3) is 0 Å². The second kappa shape index (κ2) is 0.839. The van der Waals surface area contributed by atoms with Crippen LogP contribution in [0.2, 0.25) is 0 Å². The average Bonchev–Trinajstić information content (AvgIpc) is 1.79. The van der Waals surface area contributed by atoms with Crippen molar-refractivity contribution in [2.45, 2.75) is 6.42 Å². The van der Waals surface area contributed by atoms with Crippen LogP contribution in [0.15, 0.2) is 10.1 Å². The Bertz CT molecular complexity index is 71.6. The summed E-state index contributed by atoms with van der Waals surface area (Å²) in [6.07, 6.45) is 1.11. The maximum absolute atomic E-state index is 3.66. The SMILES string of the molecule is [CH2]C1=C(Br)C1. The molecule has 0 aromatic heterocycles. The minimum absolute atomic E-state index is 1.11. The molecule has 1 aliphatic rings. The molecule has 0 aromatic carbocycles. The molecule has 0 aliphatic heterocycles. The lowest BCUT2D eigenvalue weighted by atomic mass is 10.6. The van der Waals surface area contributed by atoms with Crippen molar-refractivity contribution in [3.63, 3.8) is 0 Å². The van der Waals surface area contributed by atoms with Crippen LogP contribution in [0.1, 0.15) is 6.42 Å². The molecule has 0 spiro atoms. The van der Waals surface area contributed by atoms with E-state index in [0.29, 0.717) is 0 Å². The molecule has 0 bridgehead atoms. The number of halogens is 1. The first-order valence-electron chi connectivity index (χ1n) is 1.50. The molecule has 1 rings (SSSR count). The highest BCUT2D eigenvalue weighted by Crippen LogP contribution is 2.34. The molecule has 0 saturated carbocycles. The Balaban J connectivity index is 2.59. The van der Waals surface area contributed by atoms with Gasteiger partial charge in [-0.3, -0.25) is 0 Å². The predicted molar refractivity (Wildman–Crippen MR) is 25.9 cm³/mol. The Morgan fingerprint density at radius 2 is 2.00 bits per heavy atom. The van der Waals surface area contributed by atoms with E-state index in [2.05, 4.69) is 22.9 Å². The Kier molecular flexibility index (Phi) is 0.573. The third-order valence-electron chi connectivity index (χ3n) is 0.627. The summed E-state index contributed by atoms with van der Waals surface area (Å²) in [7, 11) is 0. The summed E-state index contributed by atoms with van der Waals surface area (Å²) in [6.45, 7) is 3.66. The van der Waals surface area contributed by atoms with Crippen molar-refractivity contribution in [1.29, 1.82) is 0 Å². The molecule has 0 N–H and O–H groups in total. The van der Waals surface area contributed by atoms with Crippen LogP contribution in [0.3, 0.4) is 0 Å². The molecule has 0 amide bonds. The zero-order chi connectivity index (χ0) is 3.86. The lowest BCUT2D eigenvalue weighted by Crippen LogP contribution is -1.28. The summed E-state index contributed by atoms with van der Waals surface area (Å²) in [5.74, 6) is 0. The van der Waals surface area contributed by atoms with Crippen LogP contribution in [0.5, 0.6) is 0 Å². The van der Waals surface area contributed by atoms with E-state index in [1.807, 2.05) is 0 Å². The molecule has 0 unspecified atom stereocenters. The molecule has 0 heterocycles. The van der Waals surface area contributed by atoms with Gasteiger partial charge in [-0.2, -0.15) is 0 Å². The Morgan fingerprint density at radius 1 is 1.80 bits per heavy atom. The molecule has 0 nitrogen and oxygen atoms in total. The van der Waals surface area contributed by atoms with Gasteiger partial charge in [0, 0.05) is 6.42 Å². The maximum atomic E-state index is 3.66. The third-order valence-corrected chi connectivity index (χ3v) is 1.47. The van der Waals surface area contributed by atoms with E-state index in [4.69, 9.17) is 0 Å². The van der Waals surface area contributed by atoms with Crippen LogP contribution in [-0.2, 0) is 0 Å². The summed E-state index contributed by atoms with van der Waals surface area (Å²) in [5, 5.41) is 0. The smallest absolute Gasteiger partial charge is 0.00102 e. The summed E-state index contributed by atoms with van der Waals surface area (Å²) >= 11 is 3.26. The summed E-state index contributed by atoms with van der Waals surface area (Å²) in [5.41, 5.74) is 1.25. The lowest BCUT2D eigenvalue weighted by molar-refractivity contribution is 1.59. The summed E-state index contributed by atoms with van der Waals surface area (Å²) in [6, 6.07) is 0. The van der Waals surface area contributed by atoms with E-state index < -0.39 is 0 Å². The number of rotatable bonds is 0. The molecule has 0 saturated heterocycles. The number of allylic oxidation sites excluding steroid dienone is 2. The van der Waals surface area contributed by atoms with Gasteiger partial charge in [0.1, 0.15) is 0 Å². The largest absolute Gasteiger partial charge is 0.0553 e. The van der Waals surface area contributed by atoms with Crippen LogP contribution in [0.25, 0.3) is 0 Å². The highest BCUT2D eigenvalue weighted by molar-refractivity contribution is 9.12. The van der Waals surface area contributed by atoms with Gasteiger partial charge >= 0.3 is 0 Å². The van der Waals surface area contributed by atoms with Gasteiger partial charge in [-0.25, -0.2) is 0 Å². The van der Waals surface area contributed by atoms with E-state index in [0.717, 1.165) is 6.42 Å². The fourth-order valence-electron chi connectivity index (χ4n) is 0.143. The second-order valence-corrected chi connectivity index (χ2v) is 2.14. The fourth-order valence-corrected chi connectivity index (χ4v) is 0.482. The Labute approximate surface area is 40.0 Å². The fraction of sp³-hybridized carbons (Fsp3) is 0.250. The summed E-state index contributed by atoms with van der Waals surface area (Å²) < 4.78 is 1.29. The van der Waals surface area contributed by atoms with Gasteiger partial charge in [-0.1, -0.05) is 21.5 Å². The van der Waals surface area contributed by atoms with Crippen molar-refractivity contribution in [2.24, 2.45) is 0 Å². The molecular formula is C4H4Br. The first kappa shape index (κ1) is 3.41. The molecule has 0 aromatic rings. The molecule has 0 fully saturated rings. The van der Waals surface area contributed by atoms with Gasteiger partial charge in [-0.05, 0) is 11.4 Å². The maximum Gasteiger partial charge on any atom is 0.00102 e. The van der Waals surface area contributed by atoms with Crippen molar-refractivity contribution in [1.82, 2.24) is 0 Å². The highest BCUT2D eigenvalue weighted by Gasteiger charge is 2.10. The van der Waals surface area contributed by atoms with Crippen LogP contribution < -0.4 is 0 Å². The zero-order valence-electron chi connectivity index (χ0n) is 2.79. The molecule has 1 radical (unpaired) electrons. The van der Waals surface area contributed by atoms with Gasteiger partial charge in [0.2, 0.25) is 0 Å². The van der Waals surface area contributed by atoms with E-state index in [1.54, 1.807) is 0 Å². The summed E-state index contributed by atoms with van der Waals surface area (Å²) in [4.78, 5) is 0. The molecule has 5 heavy (non-hydrogen) atoms. The Hall–Kier alpha value is 0.220. The van der Waals surface area contributed by atoms with Crippen LogP contribution in [0, 0.1) is 6.92 Å². The van der Waals surface area contributed by atoms with Gasteiger partial charge in [-0.15, -0.1) is 0 Å². The van der Waals surface area contributed by atoms with Gasteiger partial charge in [0.05, 0.1) is 0 Å². The average molecular weight is 132 g/mol. The van der Waals surface area contributed by atoms with Gasteiger partial charge in [0.15, 0.2) is 0 Å². The topological polar surface area (TPSA) is 0 Å². The molecule has 1 heteroatoms. The van der Waals surface area contributed by atoms with E-state index >= 15 is 0 Å². The minimum Gasteiger partial charge on any atom is -0.0553 e.